The van der Waals surface area contributed by atoms with Crippen molar-refractivity contribution in [1.82, 2.24) is 0 Å². The van der Waals surface area contributed by atoms with Gasteiger partial charge in [0.15, 0.2) is 29.2 Å². The molecule has 0 aromatic heterocycles. The van der Waals surface area contributed by atoms with Gasteiger partial charge in [0.25, 0.3) is 0 Å². The first-order valence-electron chi connectivity index (χ1n) is 8.59. The van der Waals surface area contributed by atoms with Crippen LogP contribution in [0, 0.1) is 0 Å². The highest BCUT2D eigenvalue weighted by Crippen LogP contribution is 2.55. The molecule has 0 fully saturated rings. The number of hydrogen-bond donors (Lipinski definition) is 0. The van der Waals surface area contributed by atoms with Crippen LogP contribution in [-0.4, -0.2) is 41.7 Å². The second kappa shape index (κ2) is 9.51. The zero-order chi connectivity index (χ0) is 20.0. The Bertz CT molecular complexity index is 820. The Kier molecular flexibility index (Phi) is 7.36. The molecule has 148 valence electrons. The Morgan fingerprint density at radius 1 is 0.741 bits per heavy atom. The first-order chi connectivity index (χ1) is 13.1. The molecule has 8 heteroatoms. The topological polar surface area (TPSA) is 72.5 Å². The van der Waals surface area contributed by atoms with Crippen LogP contribution in [0.1, 0.15) is 19.4 Å². The molecule has 0 saturated heterocycles. The lowest BCUT2D eigenvalue weighted by Gasteiger charge is -2.22. The van der Waals surface area contributed by atoms with E-state index in [1.165, 1.54) is 0 Å². The Morgan fingerprint density at radius 2 is 1.37 bits per heavy atom. The Labute approximate surface area is 160 Å². The number of benzene rings is 2. The van der Waals surface area contributed by atoms with Gasteiger partial charge >= 0.3 is 8.46 Å². The van der Waals surface area contributed by atoms with Gasteiger partial charge in [-0.05, 0) is 13.8 Å². The van der Waals surface area contributed by atoms with E-state index in [0.717, 1.165) is 0 Å². The van der Waals surface area contributed by atoms with Crippen molar-refractivity contribution in [2.45, 2.75) is 20.0 Å². The molecule has 0 bridgehead atoms. The monoisotopic (exact) mass is 397 g/mol. The molecule has 1 atom stereocenters. The summed E-state index contributed by atoms with van der Waals surface area (Å²) in [6, 6.07) is 1.75. The summed E-state index contributed by atoms with van der Waals surface area (Å²) in [7, 11) is 5.66. The maximum atomic E-state index is 11.5. The minimum atomic E-state index is -0.565. The largest absolute Gasteiger partial charge is 0.496 e. The Morgan fingerprint density at radius 3 is 1.85 bits per heavy atom. The summed E-state index contributed by atoms with van der Waals surface area (Å²) >= 11 is 0. The molecule has 0 N–H and O–H groups in total. The molecule has 0 amide bonds. The van der Waals surface area contributed by atoms with Gasteiger partial charge in [0.1, 0.15) is 11.5 Å². The summed E-state index contributed by atoms with van der Waals surface area (Å²) in [4.78, 5) is 0. The summed E-state index contributed by atoms with van der Waals surface area (Å²) in [5, 5.41) is 1.26. The third-order valence-electron chi connectivity index (χ3n) is 4.09. The predicted molar refractivity (Wildman–Crippen MR) is 105 cm³/mol. The number of methoxy groups -OCH3 is 4. The molecule has 0 radical (unpaired) electrons. The molecule has 0 aliphatic heterocycles. The van der Waals surface area contributed by atoms with Crippen LogP contribution in [0.4, 0.5) is 0 Å². The predicted octanol–water partition coefficient (Wildman–Crippen LogP) is 4.20. The third-order valence-corrected chi connectivity index (χ3v) is 4.59. The molecular weight excluding hydrogens is 371 g/mol. The van der Waals surface area contributed by atoms with Crippen molar-refractivity contribution >= 4 is 19.2 Å². The van der Waals surface area contributed by atoms with E-state index in [0.29, 0.717) is 64.0 Å². The van der Waals surface area contributed by atoms with E-state index in [9.17, 15) is 4.57 Å². The fourth-order valence-corrected chi connectivity index (χ4v) is 3.60. The van der Waals surface area contributed by atoms with E-state index < -0.39 is 8.46 Å². The molecule has 2 aromatic carbocycles. The molecule has 0 spiro atoms. The Balaban J connectivity index is 3.14. The van der Waals surface area contributed by atoms with Gasteiger partial charge in [-0.25, -0.2) is 0 Å². The molecular formula is C19H26O7P+. The zero-order valence-electron chi connectivity index (χ0n) is 16.6. The van der Waals surface area contributed by atoms with Crippen LogP contribution < -0.4 is 28.4 Å². The summed E-state index contributed by atoms with van der Waals surface area (Å²) in [5.41, 5.74) is 0.654. The molecule has 2 rings (SSSR count). The lowest BCUT2D eigenvalue weighted by atomic mass is 10.0. The average molecular weight is 397 g/mol. The summed E-state index contributed by atoms with van der Waals surface area (Å²) < 4.78 is 45.7. The second-order valence-corrected chi connectivity index (χ2v) is 6.06. The molecule has 7 nitrogen and oxygen atoms in total. The second-order valence-electron chi connectivity index (χ2n) is 5.42. The lowest BCUT2D eigenvalue weighted by molar-refractivity contribution is 0.301. The molecule has 27 heavy (non-hydrogen) atoms. The van der Waals surface area contributed by atoms with Crippen LogP contribution in [0.5, 0.6) is 34.5 Å². The summed E-state index contributed by atoms with van der Waals surface area (Å²) in [6.07, 6.45) is 0.253. The number of fused-ring (bicyclic) bond motifs is 1. The van der Waals surface area contributed by atoms with E-state index in [2.05, 4.69) is 0 Å². The summed E-state index contributed by atoms with van der Waals surface area (Å²) in [6.45, 7) is 4.62. The minimum Gasteiger partial charge on any atom is -0.496 e. The Hall–Kier alpha value is -2.40. The van der Waals surface area contributed by atoms with Crippen molar-refractivity contribution in [3.63, 3.8) is 0 Å². The number of hydrogen-bond acceptors (Lipinski definition) is 7. The highest BCUT2D eigenvalue weighted by atomic mass is 31.1. The van der Waals surface area contributed by atoms with Crippen LogP contribution in [0.15, 0.2) is 6.07 Å². The van der Waals surface area contributed by atoms with Crippen molar-refractivity contribution in [2.75, 3.05) is 41.7 Å². The van der Waals surface area contributed by atoms with Gasteiger partial charge < -0.3 is 28.4 Å². The molecule has 1 unspecified atom stereocenters. The highest BCUT2D eigenvalue weighted by Gasteiger charge is 2.30. The SMILES string of the molecule is CCOc1cc(OC)c2c(OC)c(C[PH+]=O)c(OCC)c(OC)c2c1OC. The molecule has 0 saturated carbocycles. The van der Waals surface area contributed by atoms with Gasteiger partial charge in [0, 0.05) is 6.07 Å². The van der Waals surface area contributed by atoms with Gasteiger partial charge in [-0.2, -0.15) is 0 Å². The maximum absolute atomic E-state index is 11.5. The molecule has 2 aromatic rings. The fraction of sp³-hybridized carbons (Fsp3) is 0.474. The molecule has 0 aliphatic rings. The smallest absolute Gasteiger partial charge is 0.329 e. The van der Waals surface area contributed by atoms with E-state index >= 15 is 0 Å². The van der Waals surface area contributed by atoms with Crippen LogP contribution in [0.25, 0.3) is 10.8 Å². The van der Waals surface area contributed by atoms with Gasteiger partial charge in [-0.1, -0.05) is 4.57 Å². The lowest BCUT2D eigenvalue weighted by Crippen LogP contribution is -2.05. The van der Waals surface area contributed by atoms with Crippen molar-refractivity contribution < 1.29 is 33.0 Å². The fourth-order valence-electron chi connectivity index (χ4n) is 3.14. The molecule has 0 heterocycles. The average Bonchev–Trinajstić information content (AvgIpc) is 2.68. The van der Waals surface area contributed by atoms with Gasteiger partial charge in [0.2, 0.25) is 0 Å². The van der Waals surface area contributed by atoms with E-state index in [4.69, 9.17) is 28.4 Å². The quantitative estimate of drug-likeness (QED) is 0.557. The van der Waals surface area contributed by atoms with Crippen molar-refractivity contribution in [3.05, 3.63) is 11.6 Å². The van der Waals surface area contributed by atoms with Crippen LogP contribution in [0.3, 0.4) is 0 Å². The highest BCUT2D eigenvalue weighted by molar-refractivity contribution is 7.22. The third kappa shape index (κ3) is 3.69. The number of rotatable bonds is 10. The standard InChI is InChI=1S/C19H25O7P/c1-7-25-13-9-12(21-3)14-15(18(13)23-5)19(24-6)17(26-8-2)11(10-27-20)16(14)22-4/h9H,7-8,10H2,1-6H3/p+1. The van der Waals surface area contributed by atoms with Gasteiger partial charge in [-0.3, -0.25) is 0 Å². The van der Waals surface area contributed by atoms with E-state index in [1.54, 1.807) is 34.5 Å². The first kappa shape index (κ1) is 20.9. The van der Waals surface area contributed by atoms with Crippen molar-refractivity contribution in [3.8, 4) is 34.5 Å². The van der Waals surface area contributed by atoms with Crippen molar-refractivity contribution in [1.29, 1.82) is 0 Å². The van der Waals surface area contributed by atoms with E-state index in [-0.39, 0.29) is 6.16 Å². The van der Waals surface area contributed by atoms with Crippen LogP contribution in [-0.2, 0) is 10.7 Å². The van der Waals surface area contributed by atoms with Crippen molar-refractivity contribution in [2.24, 2.45) is 0 Å². The minimum absolute atomic E-state index is 0.253. The molecule has 0 aliphatic carbocycles. The van der Waals surface area contributed by atoms with Crippen LogP contribution >= 0.6 is 8.46 Å². The van der Waals surface area contributed by atoms with E-state index in [1.807, 2.05) is 13.8 Å². The number of ether oxygens (including phenoxy) is 6. The van der Waals surface area contributed by atoms with Gasteiger partial charge in [0.05, 0.1) is 58.0 Å². The summed E-state index contributed by atoms with van der Waals surface area (Å²) in [5.74, 6) is 2.98. The first-order valence-corrected chi connectivity index (χ1v) is 9.70. The van der Waals surface area contributed by atoms with Gasteiger partial charge in [-0.15, -0.1) is 0 Å². The normalized spacial score (nSPS) is 10.7. The zero-order valence-corrected chi connectivity index (χ0v) is 17.6. The maximum Gasteiger partial charge on any atom is 0.329 e. The van der Waals surface area contributed by atoms with Crippen LogP contribution in [0.2, 0.25) is 0 Å².